The minimum Gasteiger partial charge on any atom is -0.494 e. The van der Waals surface area contributed by atoms with Crippen molar-refractivity contribution >= 4 is 40.0 Å². The molecule has 4 aromatic rings. The van der Waals surface area contributed by atoms with Gasteiger partial charge < -0.3 is 29.9 Å². The number of rotatable bonds is 9. The molecule has 0 saturated carbocycles. The summed E-state index contributed by atoms with van der Waals surface area (Å²) in [5.74, 6) is 0.588. The molecule has 0 bridgehead atoms. The van der Waals surface area contributed by atoms with Crippen LogP contribution in [0.5, 0.6) is 5.75 Å². The van der Waals surface area contributed by atoms with Crippen molar-refractivity contribution < 1.29 is 19.6 Å². The fraction of sp³-hybridized carbons (Fsp3) is 0.208. The number of aromatic nitrogens is 3. The zero-order chi connectivity index (χ0) is 25.8. The molecular weight excluding hydrogens is 466 g/mol. The normalized spacial score (nSPS) is 10.8. The van der Waals surface area contributed by atoms with Crippen LogP contribution in [-0.4, -0.2) is 70.3 Å². The summed E-state index contributed by atoms with van der Waals surface area (Å²) in [4.78, 5) is 37.2. The number of nitro groups is 1. The monoisotopic (exact) mass is 491 g/mol. The lowest BCUT2D eigenvalue weighted by molar-refractivity contribution is -0.384. The molecule has 0 saturated heterocycles. The smallest absolute Gasteiger partial charge is 0.407 e. The molecular formula is C24H25N7O5. The van der Waals surface area contributed by atoms with E-state index in [0.29, 0.717) is 17.1 Å². The maximum absolute atomic E-state index is 11.9. The number of ether oxygens (including phenoxy) is 1. The van der Waals surface area contributed by atoms with E-state index in [9.17, 15) is 14.9 Å². The molecule has 0 aliphatic heterocycles. The fourth-order valence-corrected chi connectivity index (χ4v) is 3.77. The van der Waals surface area contributed by atoms with Gasteiger partial charge in [-0.2, -0.15) is 0 Å². The highest BCUT2D eigenvalue weighted by Gasteiger charge is 2.23. The average Bonchev–Trinajstić information content (AvgIpc) is 3.31. The minimum absolute atomic E-state index is 0.166. The highest BCUT2D eigenvalue weighted by Crippen LogP contribution is 2.39. The van der Waals surface area contributed by atoms with E-state index in [4.69, 9.17) is 9.84 Å². The highest BCUT2D eigenvalue weighted by atomic mass is 16.6. The van der Waals surface area contributed by atoms with Crippen molar-refractivity contribution in [2.24, 2.45) is 0 Å². The number of nitrogens with one attached hydrogen (secondary N) is 2. The number of fused-ring (bicyclic) bond motifs is 1. The molecule has 0 aliphatic carbocycles. The number of methoxy groups -OCH3 is 1. The van der Waals surface area contributed by atoms with Crippen LogP contribution in [0.15, 0.2) is 54.9 Å². The third kappa shape index (κ3) is 4.97. The number of likely N-dealkylation sites (N-methyl/N-ethyl adjacent to an activating group) is 2. The van der Waals surface area contributed by atoms with Gasteiger partial charge in [0, 0.05) is 68.2 Å². The van der Waals surface area contributed by atoms with Crippen LogP contribution in [0.1, 0.15) is 0 Å². The van der Waals surface area contributed by atoms with Gasteiger partial charge in [-0.1, -0.05) is 18.2 Å². The van der Waals surface area contributed by atoms with E-state index in [2.05, 4.69) is 20.3 Å². The largest absolute Gasteiger partial charge is 0.494 e. The number of nitrogens with zero attached hydrogens (tertiary/aromatic N) is 5. The van der Waals surface area contributed by atoms with Crippen molar-refractivity contribution in [1.29, 1.82) is 0 Å². The summed E-state index contributed by atoms with van der Waals surface area (Å²) in [6.07, 6.45) is 2.40. The van der Waals surface area contributed by atoms with Crippen molar-refractivity contribution in [3.63, 3.8) is 0 Å². The number of carbonyl (C=O) groups is 1. The number of H-pyrrole nitrogens is 1. The van der Waals surface area contributed by atoms with Gasteiger partial charge in [0.1, 0.15) is 11.4 Å². The van der Waals surface area contributed by atoms with Crippen molar-refractivity contribution in [3.8, 4) is 17.0 Å². The first-order valence-corrected chi connectivity index (χ1v) is 11.0. The predicted molar refractivity (Wildman–Crippen MR) is 136 cm³/mol. The van der Waals surface area contributed by atoms with E-state index in [1.165, 1.54) is 26.3 Å². The van der Waals surface area contributed by atoms with E-state index in [0.717, 1.165) is 21.4 Å². The van der Waals surface area contributed by atoms with E-state index in [1.807, 2.05) is 30.5 Å². The number of aromatic amines is 1. The first-order chi connectivity index (χ1) is 17.3. The second-order valence-electron chi connectivity index (χ2n) is 8.06. The Morgan fingerprint density at radius 2 is 2.00 bits per heavy atom. The molecule has 2 aromatic carbocycles. The Labute approximate surface area is 206 Å². The second-order valence-corrected chi connectivity index (χ2v) is 8.06. The summed E-state index contributed by atoms with van der Waals surface area (Å²) in [6, 6.07) is 12.5. The number of hydrogen-bond donors (Lipinski definition) is 3. The molecule has 0 radical (unpaired) electrons. The van der Waals surface area contributed by atoms with Crippen LogP contribution in [0.2, 0.25) is 0 Å². The Bertz CT molecular complexity index is 1420. The number of carboxylic acid groups (broad SMARTS) is 1. The third-order valence-corrected chi connectivity index (χ3v) is 5.77. The quantitative estimate of drug-likeness (QED) is 0.230. The molecule has 0 atom stereocenters. The second kappa shape index (κ2) is 10.2. The minimum atomic E-state index is -1.08. The molecule has 2 heterocycles. The Morgan fingerprint density at radius 1 is 1.22 bits per heavy atom. The van der Waals surface area contributed by atoms with Crippen LogP contribution in [0.4, 0.5) is 27.8 Å². The fourth-order valence-electron chi connectivity index (χ4n) is 3.77. The lowest BCUT2D eigenvalue weighted by Crippen LogP contribution is -2.34. The van der Waals surface area contributed by atoms with Gasteiger partial charge in [0.25, 0.3) is 5.69 Å². The van der Waals surface area contributed by atoms with Crippen molar-refractivity contribution in [2.45, 2.75) is 0 Å². The van der Waals surface area contributed by atoms with E-state index in [1.54, 1.807) is 24.2 Å². The molecule has 0 fully saturated rings. The van der Waals surface area contributed by atoms with Crippen LogP contribution >= 0.6 is 0 Å². The molecule has 36 heavy (non-hydrogen) atoms. The number of amides is 1. The molecule has 12 nitrogen and oxygen atoms in total. The number of benzene rings is 2. The van der Waals surface area contributed by atoms with Crippen LogP contribution in [0.25, 0.3) is 22.2 Å². The standard InChI is InChI=1S/C24H25N7O5/c1-29(10-11-30(2)24(32)33)20-13-22(36-3)19(12-21(20)31(34)35)28-23-25-9-8-18(27-23)16-14-26-17-7-5-4-6-15(16)17/h4-9,12-14,26H,10-11H2,1-3H3,(H,32,33)(H,25,27,28). The van der Waals surface area contributed by atoms with Gasteiger partial charge in [0.15, 0.2) is 0 Å². The number of para-hydroxylation sites is 1. The maximum Gasteiger partial charge on any atom is 0.407 e. The Hall–Kier alpha value is -4.87. The van der Waals surface area contributed by atoms with Crippen molar-refractivity contribution in [2.75, 3.05) is 44.5 Å². The van der Waals surface area contributed by atoms with Gasteiger partial charge in [-0.05, 0) is 12.1 Å². The number of hydrogen-bond acceptors (Lipinski definition) is 8. The molecule has 2 aromatic heterocycles. The Balaban J connectivity index is 1.65. The Kier molecular flexibility index (Phi) is 6.86. The summed E-state index contributed by atoms with van der Waals surface area (Å²) >= 11 is 0. The number of anilines is 3. The predicted octanol–water partition coefficient (Wildman–Crippen LogP) is 4.33. The average molecular weight is 492 g/mol. The first kappa shape index (κ1) is 24.3. The summed E-state index contributed by atoms with van der Waals surface area (Å²) in [6.45, 7) is 0.412. The summed E-state index contributed by atoms with van der Waals surface area (Å²) in [5.41, 5.74) is 2.99. The topological polar surface area (TPSA) is 150 Å². The van der Waals surface area contributed by atoms with Gasteiger partial charge in [0.2, 0.25) is 5.95 Å². The van der Waals surface area contributed by atoms with Crippen molar-refractivity contribution in [1.82, 2.24) is 19.9 Å². The zero-order valence-corrected chi connectivity index (χ0v) is 19.9. The number of nitro benzene ring substituents is 1. The van der Waals surface area contributed by atoms with Gasteiger partial charge in [-0.25, -0.2) is 14.8 Å². The third-order valence-electron chi connectivity index (χ3n) is 5.77. The maximum atomic E-state index is 11.9. The lowest BCUT2D eigenvalue weighted by Gasteiger charge is -2.23. The summed E-state index contributed by atoms with van der Waals surface area (Å²) < 4.78 is 5.49. The van der Waals surface area contributed by atoms with Crippen LogP contribution in [-0.2, 0) is 0 Å². The van der Waals surface area contributed by atoms with Gasteiger partial charge in [-0.3, -0.25) is 10.1 Å². The molecule has 0 aliphatic rings. The van der Waals surface area contributed by atoms with Gasteiger partial charge >= 0.3 is 6.09 Å². The molecule has 3 N–H and O–H groups in total. The van der Waals surface area contributed by atoms with Crippen LogP contribution in [0, 0.1) is 10.1 Å². The highest BCUT2D eigenvalue weighted by molar-refractivity contribution is 5.94. The summed E-state index contributed by atoms with van der Waals surface area (Å²) in [5, 5.41) is 25.0. The molecule has 12 heteroatoms. The Morgan fingerprint density at radius 3 is 2.72 bits per heavy atom. The molecule has 186 valence electrons. The zero-order valence-electron chi connectivity index (χ0n) is 19.9. The van der Waals surface area contributed by atoms with Crippen LogP contribution < -0.4 is 15.0 Å². The van der Waals surface area contributed by atoms with Crippen molar-refractivity contribution in [3.05, 3.63) is 65.0 Å². The molecule has 4 rings (SSSR count). The summed E-state index contributed by atoms with van der Waals surface area (Å²) in [7, 11) is 4.54. The van der Waals surface area contributed by atoms with E-state index >= 15 is 0 Å². The van der Waals surface area contributed by atoms with Gasteiger partial charge in [0.05, 0.1) is 23.4 Å². The SMILES string of the molecule is COc1cc(N(C)CCN(C)C(=O)O)c([N+](=O)[O-])cc1Nc1nccc(-c2c[nH]c3ccccc23)n1. The molecule has 1 amide bonds. The molecule has 0 spiro atoms. The van der Waals surface area contributed by atoms with Gasteiger partial charge in [-0.15, -0.1) is 0 Å². The lowest BCUT2D eigenvalue weighted by atomic mass is 10.1. The van der Waals surface area contributed by atoms with E-state index in [-0.39, 0.29) is 30.4 Å². The van der Waals surface area contributed by atoms with E-state index < -0.39 is 11.0 Å². The first-order valence-electron chi connectivity index (χ1n) is 11.0. The van der Waals surface area contributed by atoms with Crippen LogP contribution in [0.3, 0.4) is 0 Å². The molecule has 0 unspecified atom stereocenters.